The van der Waals surface area contributed by atoms with Gasteiger partial charge >= 0.3 is 0 Å². The molecule has 0 aliphatic carbocycles. The van der Waals surface area contributed by atoms with E-state index in [0.29, 0.717) is 23.7 Å². The first-order chi connectivity index (χ1) is 18.2. The highest BCUT2D eigenvalue weighted by molar-refractivity contribution is 7.92. The Labute approximate surface area is 230 Å². The van der Waals surface area contributed by atoms with Crippen LogP contribution in [0.4, 0.5) is 5.69 Å². The number of carbonyl (C=O) groups excluding carboxylic acids is 2. The van der Waals surface area contributed by atoms with Gasteiger partial charge in [-0.05, 0) is 61.7 Å². The van der Waals surface area contributed by atoms with Crippen LogP contribution in [0.1, 0.15) is 37.8 Å². The number of aryl methyl sites for hydroxylation is 1. The summed E-state index contributed by atoms with van der Waals surface area (Å²) in [6.07, 6.45) is 1.13. The number of anilines is 1. The van der Waals surface area contributed by atoms with Gasteiger partial charge in [0, 0.05) is 18.1 Å². The van der Waals surface area contributed by atoms with Gasteiger partial charge in [-0.3, -0.25) is 13.9 Å². The van der Waals surface area contributed by atoms with Crippen LogP contribution in [0.5, 0.6) is 0 Å². The maximum absolute atomic E-state index is 13.9. The lowest BCUT2D eigenvalue weighted by atomic mass is 10.1. The minimum atomic E-state index is -4.11. The molecule has 202 valence electrons. The summed E-state index contributed by atoms with van der Waals surface area (Å²) >= 11 is 6.06. The molecule has 0 heterocycles. The van der Waals surface area contributed by atoms with Crippen molar-refractivity contribution in [1.82, 2.24) is 10.2 Å². The van der Waals surface area contributed by atoms with E-state index in [9.17, 15) is 18.0 Å². The zero-order valence-corrected chi connectivity index (χ0v) is 23.5. The van der Waals surface area contributed by atoms with Crippen molar-refractivity contribution >= 4 is 39.1 Å². The van der Waals surface area contributed by atoms with Gasteiger partial charge in [0.15, 0.2) is 0 Å². The number of nitrogens with one attached hydrogen (secondary N) is 1. The monoisotopic (exact) mass is 555 g/mol. The van der Waals surface area contributed by atoms with Gasteiger partial charge in [0.2, 0.25) is 11.8 Å². The van der Waals surface area contributed by atoms with E-state index in [1.165, 1.54) is 17.0 Å². The largest absolute Gasteiger partial charge is 0.354 e. The molecule has 1 unspecified atom stereocenters. The van der Waals surface area contributed by atoms with Crippen LogP contribution in [0.3, 0.4) is 0 Å². The van der Waals surface area contributed by atoms with E-state index < -0.39 is 28.5 Å². The standard InChI is InChI=1S/C29H34ClN3O4S/c1-4-19-31-29(35)27(5-2)32(20-23-9-7-6-8-10-23)28(34)21-33(25-15-13-24(30)14-16-25)38(36,37)26-17-11-22(3)12-18-26/h6-18,27H,4-5,19-21H2,1-3H3,(H,31,35). The van der Waals surface area contributed by atoms with Crippen LogP contribution in [-0.2, 0) is 26.2 Å². The summed E-state index contributed by atoms with van der Waals surface area (Å²) in [6, 6.07) is 21.3. The van der Waals surface area contributed by atoms with Crippen molar-refractivity contribution in [1.29, 1.82) is 0 Å². The number of sulfonamides is 1. The second kappa shape index (κ2) is 13.4. The fourth-order valence-electron chi connectivity index (χ4n) is 4.04. The number of hydrogen-bond donors (Lipinski definition) is 1. The van der Waals surface area contributed by atoms with Gasteiger partial charge in [0.25, 0.3) is 10.0 Å². The van der Waals surface area contributed by atoms with Gasteiger partial charge in [-0.15, -0.1) is 0 Å². The molecule has 0 aliphatic rings. The second-order valence-electron chi connectivity index (χ2n) is 9.02. The number of rotatable bonds is 12. The highest BCUT2D eigenvalue weighted by Crippen LogP contribution is 2.26. The van der Waals surface area contributed by atoms with Crippen LogP contribution in [-0.4, -0.2) is 44.3 Å². The summed E-state index contributed by atoms with van der Waals surface area (Å²) in [5, 5.41) is 3.32. The summed E-state index contributed by atoms with van der Waals surface area (Å²) in [5.41, 5.74) is 2.05. The van der Waals surface area contributed by atoms with E-state index >= 15 is 0 Å². The fourth-order valence-corrected chi connectivity index (χ4v) is 5.58. The molecule has 0 saturated carbocycles. The lowest BCUT2D eigenvalue weighted by molar-refractivity contribution is -0.140. The minimum Gasteiger partial charge on any atom is -0.354 e. The third-order valence-corrected chi connectivity index (χ3v) is 8.17. The molecule has 1 atom stereocenters. The summed E-state index contributed by atoms with van der Waals surface area (Å²) in [5.74, 6) is -0.754. The molecule has 0 bridgehead atoms. The number of nitrogens with zero attached hydrogens (tertiary/aromatic N) is 2. The number of benzene rings is 3. The molecule has 3 aromatic rings. The Morgan fingerprint density at radius 3 is 2.13 bits per heavy atom. The van der Waals surface area contributed by atoms with Gasteiger partial charge in [-0.1, -0.05) is 73.5 Å². The quantitative estimate of drug-likeness (QED) is 0.334. The van der Waals surface area contributed by atoms with E-state index in [2.05, 4.69) is 5.32 Å². The van der Waals surface area contributed by atoms with E-state index in [1.807, 2.05) is 51.1 Å². The summed E-state index contributed by atoms with van der Waals surface area (Å²) < 4.78 is 28.7. The smallest absolute Gasteiger partial charge is 0.264 e. The summed E-state index contributed by atoms with van der Waals surface area (Å²) in [4.78, 5) is 28.5. The molecule has 1 N–H and O–H groups in total. The van der Waals surface area contributed by atoms with Crippen molar-refractivity contribution in [3.8, 4) is 0 Å². The molecule has 0 aromatic heterocycles. The molecular formula is C29H34ClN3O4S. The fraction of sp³-hybridized carbons (Fsp3) is 0.310. The molecule has 0 saturated heterocycles. The van der Waals surface area contributed by atoms with E-state index in [-0.39, 0.29) is 17.3 Å². The van der Waals surface area contributed by atoms with Gasteiger partial charge in [-0.25, -0.2) is 8.42 Å². The van der Waals surface area contributed by atoms with Crippen molar-refractivity contribution in [2.24, 2.45) is 0 Å². The Hall–Kier alpha value is -3.36. The Morgan fingerprint density at radius 1 is 0.921 bits per heavy atom. The third kappa shape index (κ3) is 7.36. The van der Waals surface area contributed by atoms with E-state index in [1.54, 1.807) is 36.4 Å². The number of carbonyl (C=O) groups is 2. The Bertz CT molecular complexity index is 1310. The van der Waals surface area contributed by atoms with Crippen LogP contribution in [0, 0.1) is 6.92 Å². The first-order valence-electron chi connectivity index (χ1n) is 12.6. The van der Waals surface area contributed by atoms with Crippen LogP contribution >= 0.6 is 11.6 Å². The highest BCUT2D eigenvalue weighted by Gasteiger charge is 2.33. The Morgan fingerprint density at radius 2 is 1.55 bits per heavy atom. The van der Waals surface area contributed by atoms with Gasteiger partial charge < -0.3 is 10.2 Å². The SMILES string of the molecule is CCCNC(=O)C(CC)N(Cc1ccccc1)C(=O)CN(c1ccc(Cl)cc1)S(=O)(=O)c1ccc(C)cc1. The molecule has 0 aliphatic heterocycles. The molecule has 7 nitrogen and oxygen atoms in total. The van der Waals surface area contributed by atoms with E-state index in [0.717, 1.165) is 21.9 Å². The van der Waals surface area contributed by atoms with Crippen LogP contribution < -0.4 is 9.62 Å². The average molecular weight is 556 g/mol. The summed E-state index contributed by atoms with van der Waals surface area (Å²) in [7, 11) is -4.11. The van der Waals surface area contributed by atoms with Crippen molar-refractivity contribution in [2.45, 2.75) is 51.1 Å². The lowest BCUT2D eigenvalue weighted by Crippen LogP contribution is -2.52. The van der Waals surface area contributed by atoms with Crippen molar-refractivity contribution in [2.75, 3.05) is 17.4 Å². The normalized spacial score (nSPS) is 12.0. The minimum absolute atomic E-state index is 0.0631. The van der Waals surface area contributed by atoms with Crippen molar-refractivity contribution < 1.29 is 18.0 Å². The molecule has 9 heteroatoms. The molecule has 3 aromatic carbocycles. The molecule has 3 rings (SSSR count). The molecular weight excluding hydrogens is 522 g/mol. The highest BCUT2D eigenvalue weighted by atomic mass is 35.5. The number of hydrogen-bond acceptors (Lipinski definition) is 4. The Balaban J connectivity index is 2.03. The topological polar surface area (TPSA) is 86.8 Å². The van der Waals surface area contributed by atoms with Gasteiger partial charge in [0.1, 0.15) is 12.6 Å². The first-order valence-corrected chi connectivity index (χ1v) is 14.4. The van der Waals surface area contributed by atoms with Crippen LogP contribution in [0.15, 0.2) is 83.8 Å². The lowest BCUT2D eigenvalue weighted by Gasteiger charge is -2.33. The van der Waals surface area contributed by atoms with Crippen LogP contribution in [0.25, 0.3) is 0 Å². The van der Waals surface area contributed by atoms with E-state index in [4.69, 9.17) is 11.6 Å². The zero-order valence-electron chi connectivity index (χ0n) is 21.9. The molecule has 0 spiro atoms. The maximum Gasteiger partial charge on any atom is 0.264 e. The van der Waals surface area contributed by atoms with Gasteiger partial charge in [0.05, 0.1) is 10.6 Å². The Kier molecular flexibility index (Phi) is 10.3. The third-order valence-electron chi connectivity index (χ3n) is 6.13. The predicted octanol–water partition coefficient (Wildman–Crippen LogP) is 5.18. The van der Waals surface area contributed by atoms with Crippen LogP contribution in [0.2, 0.25) is 5.02 Å². The maximum atomic E-state index is 13.9. The molecule has 38 heavy (non-hydrogen) atoms. The zero-order chi connectivity index (χ0) is 27.7. The summed E-state index contributed by atoms with van der Waals surface area (Å²) in [6.45, 7) is 5.82. The van der Waals surface area contributed by atoms with Gasteiger partial charge in [-0.2, -0.15) is 0 Å². The van der Waals surface area contributed by atoms with Crippen molar-refractivity contribution in [3.05, 3.63) is 95.0 Å². The molecule has 2 amide bonds. The average Bonchev–Trinajstić information content (AvgIpc) is 2.91. The number of halogens is 1. The van der Waals surface area contributed by atoms with Crippen molar-refractivity contribution in [3.63, 3.8) is 0 Å². The number of amides is 2. The predicted molar refractivity (Wildman–Crippen MR) is 152 cm³/mol. The first kappa shape index (κ1) is 29.2. The second-order valence-corrected chi connectivity index (χ2v) is 11.3. The molecule has 0 fully saturated rings. The molecule has 0 radical (unpaired) electrons.